The minimum atomic E-state index is 0.728. The topological polar surface area (TPSA) is 15.8 Å². The van der Waals surface area contributed by atoms with E-state index in [0.717, 1.165) is 5.92 Å². The van der Waals surface area contributed by atoms with Gasteiger partial charge in [0.2, 0.25) is 0 Å². The Bertz CT molecular complexity index is 987. The summed E-state index contributed by atoms with van der Waals surface area (Å²) < 4.78 is 0. The average molecular weight is 285 g/mol. The molecule has 5 rings (SSSR count). The average Bonchev–Trinajstić information content (AvgIpc) is 3.22. The van der Waals surface area contributed by atoms with E-state index in [1.54, 1.807) is 5.56 Å². The summed E-state index contributed by atoms with van der Waals surface area (Å²) in [5, 5.41) is 5.55. The molecule has 1 aromatic heterocycles. The number of nitrogens with one attached hydrogen (secondary N) is 1. The molecule has 3 aromatic carbocycles. The minimum absolute atomic E-state index is 0.728. The van der Waals surface area contributed by atoms with Gasteiger partial charge in [0.1, 0.15) is 0 Å². The van der Waals surface area contributed by atoms with E-state index in [2.05, 4.69) is 59.6 Å². The van der Waals surface area contributed by atoms with E-state index in [1.165, 1.54) is 58.3 Å². The maximum absolute atomic E-state index is 3.68. The highest BCUT2D eigenvalue weighted by molar-refractivity contribution is 6.18. The molecule has 108 valence electrons. The molecule has 1 heteroatoms. The molecule has 1 aliphatic carbocycles. The molecule has 1 heterocycles. The van der Waals surface area contributed by atoms with Crippen molar-refractivity contribution in [1.82, 2.24) is 4.98 Å². The molecule has 1 nitrogen and oxygen atoms in total. The summed E-state index contributed by atoms with van der Waals surface area (Å²) in [4.78, 5) is 3.68. The van der Waals surface area contributed by atoms with Gasteiger partial charge in [-0.2, -0.15) is 0 Å². The third-order valence-corrected chi connectivity index (χ3v) is 5.33. The summed E-state index contributed by atoms with van der Waals surface area (Å²) in [6, 6.07) is 20.0. The van der Waals surface area contributed by atoms with Crippen molar-refractivity contribution in [2.75, 3.05) is 0 Å². The third-order valence-electron chi connectivity index (χ3n) is 5.33. The van der Waals surface area contributed by atoms with Crippen molar-refractivity contribution in [3.8, 4) is 0 Å². The van der Waals surface area contributed by atoms with Gasteiger partial charge in [0.25, 0.3) is 0 Å². The van der Waals surface area contributed by atoms with Crippen molar-refractivity contribution in [2.45, 2.75) is 31.6 Å². The molecule has 0 amide bonds. The molecule has 1 saturated carbocycles. The van der Waals surface area contributed by atoms with Gasteiger partial charge in [-0.1, -0.05) is 61.4 Å². The van der Waals surface area contributed by atoms with Crippen molar-refractivity contribution in [1.29, 1.82) is 0 Å². The lowest BCUT2D eigenvalue weighted by Gasteiger charge is -2.14. The van der Waals surface area contributed by atoms with Crippen molar-refractivity contribution in [3.63, 3.8) is 0 Å². The summed E-state index contributed by atoms with van der Waals surface area (Å²) in [6.45, 7) is 0. The Balaban J connectivity index is 1.99. The molecule has 0 radical (unpaired) electrons. The number of hydrogen-bond acceptors (Lipinski definition) is 0. The van der Waals surface area contributed by atoms with Crippen molar-refractivity contribution in [2.24, 2.45) is 0 Å². The van der Waals surface area contributed by atoms with Crippen LogP contribution in [0.3, 0.4) is 0 Å². The molecular weight excluding hydrogens is 266 g/mol. The van der Waals surface area contributed by atoms with E-state index in [1.807, 2.05) is 0 Å². The van der Waals surface area contributed by atoms with E-state index in [9.17, 15) is 0 Å². The lowest BCUT2D eigenvalue weighted by molar-refractivity contribution is 0.731. The van der Waals surface area contributed by atoms with Gasteiger partial charge in [-0.15, -0.1) is 0 Å². The van der Waals surface area contributed by atoms with Gasteiger partial charge in [0.15, 0.2) is 0 Å². The summed E-state index contributed by atoms with van der Waals surface area (Å²) in [7, 11) is 0. The summed E-state index contributed by atoms with van der Waals surface area (Å²) in [5.41, 5.74) is 4.14. The van der Waals surface area contributed by atoms with E-state index in [4.69, 9.17) is 0 Å². The zero-order valence-electron chi connectivity index (χ0n) is 12.6. The third kappa shape index (κ3) is 1.65. The maximum atomic E-state index is 3.68. The zero-order chi connectivity index (χ0) is 14.5. The minimum Gasteiger partial charge on any atom is -0.354 e. The monoisotopic (exact) mass is 285 g/mol. The first kappa shape index (κ1) is 12.3. The van der Waals surface area contributed by atoms with E-state index in [-0.39, 0.29) is 0 Å². The normalized spacial score (nSPS) is 16.2. The molecule has 0 bridgehead atoms. The lowest BCUT2D eigenvalue weighted by atomic mass is 9.90. The Morgan fingerprint density at radius 3 is 2.41 bits per heavy atom. The molecule has 4 aromatic rings. The van der Waals surface area contributed by atoms with Crippen LogP contribution in [0.5, 0.6) is 0 Å². The molecule has 1 aliphatic rings. The quantitative estimate of drug-likeness (QED) is 0.433. The van der Waals surface area contributed by atoms with Crippen LogP contribution in [0, 0.1) is 0 Å². The molecule has 0 saturated heterocycles. The highest BCUT2D eigenvalue weighted by atomic mass is 14.7. The van der Waals surface area contributed by atoms with Crippen LogP contribution in [-0.4, -0.2) is 4.98 Å². The summed E-state index contributed by atoms with van der Waals surface area (Å²) in [6.07, 6.45) is 5.43. The SMILES string of the molecule is c1ccc2c(c1)cc(C1CCCC1)c1c3ccccc3[nH]c21. The fourth-order valence-corrected chi connectivity index (χ4v) is 4.29. The number of para-hydroxylation sites is 1. The number of H-pyrrole nitrogens is 1. The van der Waals surface area contributed by atoms with Crippen LogP contribution in [0.2, 0.25) is 0 Å². The maximum Gasteiger partial charge on any atom is 0.0547 e. The van der Waals surface area contributed by atoms with Crippen LogP contribution < -0.4 is 0 Å². The van der Waals surface area contributed by atoms with Gasteiger partial charge >= 0.3 is 0 Å². The van der Waals surface area contributed by atoms with Crippen LogP contribution >= 0.6 is 0 Å². The van der Waals surface area contributed by atoms with E-state index < -0.39 is 0 Å². The Hall–Kier alpha value is -2.28. The first-order valence-corrected chi connectivity index (χ1v) is 8.34. The number of aromatic amines is 1. The van der Waals surface area contributed by atoms with E-state index >= 15 is 0 Å². The van der Waals surface area contributed by atoms with Gasteiger partial charge in [-0.25, -0.2) is 0 Å². The molecular formula is C21H19N. The predicted molar refractivity (Wildman–Crippen MR) is 94.5 cm³/mol. The molecule has 0 aliphatic heterocycles. The molecule has 22 heavy (non-hydrogen) atoms. The fraction of sp³-hybridized carbons (Fsp3) is 0.238. The second kappa shape index (κ2) is 4.61. The Labute approximate surface area is 130 Å². The number of aromatic nitrogens is 1. The number of fused-ring (bicyclic) bond motifs is 5. The van der Waals surface area contributed by atoms with Crippen molar-refractivity contribution < 1.29 is 0 Å². The van der Waals surface area contributed by atoms with Crippen LogP contribution in [0.1, 0.15) is 37.2 Å². The van der Waals surface area contributed by atoms with Gasteiger partial charge in [0.05, 0.1) is 5.52 Å². The number of benzene rings is 3. The van der Waals surface area contributed by atoms with Gasteiger partial charge in [0, 0.05) is 21.7 Å². The van der Waals surface area contributed by atoms with Crippen LogP contribution in [-0.2, 0) is 0 Å². The first-order valence-electron chi connectivity index (χ1n) is 8.34. The van der Waals surface area contributed by atoms with Crippen LogP contribution in [0.25, 0.3) is 32.6 Å². The predicted octanol–water partition coefficient (Wildman–Crippen LogP) is 6.13. The highest BCUT2D eigenvalue weighted by Gasteiger charge is 2.22. The summed E-state index contributed by atoms with van der Waals surface area (Å²) >= 11 is 0. The standard InChI is InChI=1S/C21H19N/c1-2-8-14(7-1)18-13-15-9-3-4-10-16(15)21-20(18)17-11-5-6-12-19(17)22-21/h3-6,9-14,22H,1-2,7-8H2. The molecule has 0 unspecified atom stereocenters. The van der Waals surface area contributed by atoms with Crippen molar-refractivity contribution in [3.05, 3.63) is 60.2 Å². The Kier molecular flexibility index (Phi) is 2.57. The lowest BCUT2D eigenvalue weighted by Crippen LogP contribution is -1.94. The van der Waals surface area contributed by atoms with Crippen LogP contribution in [0.15, 0.2) is 54.6 Å². The fourth-order valence-electron chi connectivity index (χ4n) is 4.29. The molecule has 0 atom stereocenters. The summed E-state index contributed by atoms with van der Waals surface area (Å²) in [5.74, 6) is 0.728. The number of rotatable bonds is 1. The molecule has 1 fully saturated rings. The van der Waals surface area contributed by atoms with Crippen molar-refractivity contribution >= 4 is 32.6 Å². The Morgan fingerprint density at radius 1 is 0.818 bits per heavy atom. The van der Waals surface area contributed by atoms with Crippen LogP contribution in [0.4, 0.5) is 0 Å². The smallest absolute Gasteiger partial charge is 0.0547 e. The van der Waals surface area contributed by atoms with E-state index in [0.29, 0.717) is 0 Å². The zero-order valence-corrected chi connectivity index (χ0v) is 12.6. The largest absolute Gasteiger partial charge is 0.354 e. The second-order valence-electron chi connectivity index (χ2n) is 6.59. The van der Waals surface area contributed by atoms with Gasteiger partial charge in [-0.05, 0) is 35.8 Å². The molecule has 0 spiro atoms. The van der Waals surface area contributed by atoms with Gasteiger partial charge in [-0.3, -0.25) is 0 Å². The second-order valence-corrected chi connectivity index (χ2v) is 6.59. The highest BCUT2D eigenvalue weighted by Crippen LogP contribution is 2.42. The Morgan fingerprint density at radius 2 is 1.55 bits per heavy atom. The first-order chi connectivity index (χ1) is 10.9. The van der Waals surface area contributed by atoms with Gasteiger partial charge < -0.3 is 4.98 Å². The molecule has 1 N–H and O–H groups in total. The number of hydrogen-bond donors (Lipinski definition) is 1.